The van der Waals surface area contributed by atoms with Gasteiger partial charge in [-0.25, -0.2) is 9.97 Å². The van der Waals surface area contributed by atoms with Gasteiger partial charge in [-0.15, -0.1) is 0 Å². The first kappa shape index (κ1) is 23.7. The number of carbonyl (C=O) groups excluding carboxylic acids is 2. The Morgan fingerprint density at radius 3 is 2.82 bits per heavy atom. The predicted molar refractivity (Wildman–Crippen MR) is 140 cm³/mol. The summed E-state index contributed by atoms with van der Waals surface area (Å²) in [4.78, 5) is 40.3. The third-order valence-corrected chi connectivity index (χ3v) is 7.05. The summed E-state index contributed by atoms with van der Waals surface area (Å²) in [5.74, 6) is 0.454. The normalized spacial score (nSPS) is 18.4. The van der Waals surface area contributed by atoms with Crippen LogP contribution in [0.15, 0.2) is 60.8 Å². The number of aromatic nitrogens is 3. The van der Waals surface area contributed by atoms with E-state index in [9.17, 15) is 14.9 Å². The molecule has 2 aliphatic rings. The molecule has 2 amide bonds. The molecule has 9 nitrogen and oxygen atoms in total. The number of hydrogen-bond donors (Lipinski definition) is 1. The molecule has 1 atom stereocenters. The van der Waals surface area contributed by atoms with Gasteiger partial charge in [-0.05, 0) is 60.5 Å². The van der Waals surface area contributed by atoms with Crippen molar-refractivity contribution in [2.24, 2.45) is 0 Å². The van der Waals surface area contributed by atoms with Crippen molar-refractivity contribution in [3.05, 3.63) is 83.2 Å². The molecule has 4 aromatic rings. The highest BCUT2D eigenvalue weighted by atomic mass is 16.5. The van der Waals surface area contributed by atoms with Crippen LogP contribution in [0.3, 0.4) is 0 Å². The third-order valence-electron chi connectivity index (χ3n) is 7.05. The van der Waals surface area contributed by atoms with Crippen molar-refractivity contribution in [1.82, 2.24) is 20.3 Å². The van der Waals surface area contributed by atoms with E-state index in [1.165, 1.54) is 0 Å². The molecule has 1 N–H and O–H groups in total. The maximum Gasteiger partial charge on any atom is 0.251 e. The monoisotopic (exact) mass is 504 g/mol. The molecule has 0 spiro atoms. The Morgan fingerprint density at radius 2 is 2.03 bits per heavy atom. The first-order valence-electron chi connectivity index (χ1n) is 12.4. The van der Waals surface area contributed by atoms with Crippen molar-refractivity contribution in [2.75, 3.05) is 18.1 Å². The molecule has 9 heteroatoms. The van der Waals surface area contributed by atoms with Gasteiger partial charge in [0.05, 0.1) is 48.4 Å². The van der Waals surface area contributed by atoms with Crippen LogP contribution in [0.5, 0.6) is 0 Å². The second-order valence-electron chi connectivity index (χ2n) is 9.73. The Bertz CT molecular complexity index is 1650. The molecule has 188 valence electrons. The Hall–Kier alpha value is -4.68. The van der Waals surface area contributed by atoms with E-state index in [0.29, 0.717) is 54.6 Å². The Balaban J connectivity index is 1.20. The summed E-state index contributed by atoms with van der Waals surface area (Å²) in [6, 6.07) is 18.9. The summed E-state index contributed by atoms with van der Waals surface area (Å²) in [7, 11) is 0. The lowest BCUT2D eigenvalue weighted by Gasteiger charge is -2.30. The SMILES string of the molecule is C[C@@]1(C#N)COCc2ccc(C(=O)NCc3cc4nc(-c5cccc(N6CCC6=O)n5)ccc4cn3)cc21. The lowest BCUT2D eigenvalue weighted by Crippen LogP contribution is -2.43. The molecule has 0 unspecified atom stereocenters. The minimum Gasteiger partial charge on any atom is -0.375 e. The van der Waals surface area contributed by atoms with Gasteiger partial charge < -0.3 is 10.1 Å². The minimum atomic E-state index is -0.785. The number of fused-ring (bicyclic) bond motifs is 2. The van der Waals surface area contributed by atoms with E-state index in [-0.39, 0.29) is 18.4 Å². The summed E-state index contributed by atoms with van der Waals surface area (Å²) < 4.78 is 5.55. The topological polar surface area (TPSA) is 121 Å². The lowest BCUT2D eigenvalue weighted by atomic mass is 9.79. The number of nitrogens with zero attached hydrogens (tertiary/aromatic N) is 5. The summed E-state index contributed by atoms with van der Waals surface area (Å²) in [6.07, 6.45) is 2.28. The van der Waals surface area contributed by atoms with Crippen LogP contribution in [0, 0.1) is 11.3 Å². The Kier molecular flexibility index (Phi) is 5.81. The van der Waals surface area contributed by atoms with Crippen LogP contribution >= 0.6 is 0 Å². The number of β-lactam (4-membered cyclic amide) rings is 1. The largest absolute Gasteiger partial charge is 0.375 e. The third kappa shape index (κ3) is 4.25. The first-order valence-corrected chi connectivity index (χ1v) is 12.4. The van der Waals surface area contributed by atoms with Crippen LogP contribution in [0.25, 0.3) is 22.3 Å². The van der Waals surface area contributed by atoms with Crippen LogP contribution in [0.1, 0.15) is 40.5 Å². The van der Waals surface area contributed by atoms with Crippen molar-refractivity contribution in [2.45, 2.75) is 31.9 Å². The van der Waals surface area contributed by atoms with E-state index >= 15 is 0 Å². The van der Waals surface area contributed by atoms with Gasteiger partial charge >= 0.3 is 0 Å². The number of nitrogens with one attached hydrogen (secondary N) is 1. The molecule has 0 radical (unpaired) electrons. The maximum absolute atomic E-state index is 12.9. The number of ether oxygens (including phenoxy) is 1. The molecule has 0 saturated carbocycles. The summed E-state index contributed by atoms with van der Waals surface area (Å²) in [5, 5.41) is 13.4. The highest BCUT2D eigenvalue weighted by Crippen LogP contribution is 2.32. The average Bonchev–Trinajstić information content (AvgIpc) is 2.95. The molecular formula is C29H24N6O3. The quantitative estimate of drug-likeness (QED) is 0.412. The van der Waals surface area contributed by atoms with Gasteiger partial charge in [0.1, 0.15) is 11.2 Å². The van der Waals surface area contributed by atoms with E-state index in [1.54, 1.807) is 23.2 Å². The molecule has 6 rings (SSSR count). The highest BCUT2D eigenvalue weighted by molar-refractivity contribution is 5.98. The molecule has 3 aromatic heterocycles. The number of nitriles is 1. The van der Waals surface area contributed by atoms with E-state index in [4.69, 9.17) is 9.72 Å². The number of hydrogen-bond acceptors (Lipinski definition) is 7. The Morgan fingerprint density at radius 1 is 1.16 bits per heavy atom. The van der Waals surface area contributed by atoms with Crippen molar-refractivity contribution in [1.29, 1.82) is 5.26 Å². The van der Waals surface area contributed by atoms with E-state index in [1.807, 2.05) is 49.4 Å². The molecular weight excluding hydrogens is 480 g/mol. The second-order valence-corrected chi connectivity index (χ2v) is 9.73. The van der Waals surface area contributed by atoms with Gasteiger partial charge in [0.15, 0.2) is 0 Å². The van der Waals surface area contributed by atoms with Gasteiger partial charge in [-0.1, -0.05) is 12.1 Å². The second kappa shape index (κ2) is 9.32. The van der Waals surface area contributed by atoms with Crippen LogP contribution < -0.4 is 10.2 Å². The fraction of sp³-hybridized carbons (Fsp3) is 0.241. The average molecular weight is 505 g/mol. The van der Waals surface area contributed by atoms with Gasteiger partial charge in [-0.3, -0.25) is 19.5 Å². The van der Waals surface area contributed by atoms with E-state index in [0.717, 1.165) is 22.0 Å². The van der Waals surface area contributed by atoms with Gasteiger partial charge in [0, 0.05) is 30.1 Å². The zero-order valence-electron chi connectivity index (χ0n) is 20.8. The number of amides is 2. The number of pyridine rings is 3. The van der Waals surface area contributed by atoms with E-state index < -0.39 is 5.41 Å². The fourth-order valence-corrected chi connectivity index (χ4v) is 4.74. The van der Waals surface area contributed by atoms with Crippen LogP contribution in [0.2, 0.25) is 0 Å². The smallest absolute Gasteiger partial charge is 0.251 e. The summed E-state index contributed by atoms with van der Waals surface area (Å²) >= 11 is 0. The molecule has 0 aliphatic carbocycles. The molecule has 1 aromatic carbocycles. The molecule has 5 heterocycles. The summed E-state index contributed by atoms with van der Waals surface area (Å²) in [5.41, 5.74) is 4.21. The highest BCUT2D eigenvalue weighted by Gasteiger charge is 2.33. The van der Waals surface area contributed by atoms with Crippen molar-refractivity contribution < 1.29 is 14.3 Å². The van der Waals surface area contributed by atoms with Crippen LogP contribution in [-0.4, -0.2) is 39.9 Å². The zero-order chi connectivity index (χ0) is 26.3. The van der Waals surface area contributed by atoms with Crippen molar-refractivity contribution in [3.8, 4) is 17.5 Å². The molecule has 2 aliphatic heterocycles. The predicted octanol–water partition coefficient (Wildman–Crippen LogP) is 3.67. The molecule has 38 heavy (non-hydrogen) atoms. The fourth-order valence-electron chi connectivity index (χ4n) is 4.74. The molecule has 1 fully saturated rings. The number of anilines is 1. The first-order chi connectivity index (χ1) is 18.4. The number of benzene rings is 1. The molecule has 1 saturated heterocycles. The van der Waals surface area contributed by atoms with Gasteiger partial charge in [0.2, 0.25) is 5.91 Å². The van der Waals surface area contributed by atoms with Crippen LogP contribution in [-0.2, 0) is 28.1 Å². The zero-order valence-corrected chi connectivity index (χ0v) is 20.8. The maximum atomic E-state index is 12.9. The number of carbonyl (C=O) groups is 2. The Labute approximate surface area is 219 Å². The van der Waals surface area contributed by atoms with Crippen molar-refractivity contribution in [3.63, 3.8) is 0 Å². The van der Waals surface area contributed by atoms with Gasteiger partial charge in [0.25, 0.3) is 5.91 Å². The van der Waals surface area contributed by atoms with Crippen molar-refractivity contribution >= 4 is 28.5 Å². The van der Waals surface area contributed by atoms with Crippen LogP contribution in [0.4, 0.5) is 5.82 Å². The minimum absolute atomic E-state index is 0.0716. The summed E-state index contributed by atoms with van der Waals surface area (Å²) in [6.45, 7) is 3.46. The number of rotatable bonds is 5. The standard InChI is InChI=1S/C29H24N6O3/c1-29(16-30)17-38-15-20-6-5-18(11-22(20)29)28(37)32-14-21-12-25-19(13-31-21)7-8-24(33-25)23-3-2-4-26(34-23)35-10-9-27(35)36/h2-8,11-13H,9-10,14-15,17H2,1H3,(H,32,37)/t29-/m1/s1. The van der Waals surface area contributed by atoms with E-state index in [2.05, 4.69) is 21.4 Å². The lowest BCUT2D eigenvalue weighted by molar-refractivity contribution is -0.122. The molecule has 0 bridgehead atoms. The van der Waals surface area contributed by atoms with Gasteiger partial charge in [-0.2, -0.15) is 5.26 Å².